The molecule has 41 heavy (non-hydrogen) atoms. The average molecular weight is 566 g/mol. The first kappa shape index (κ1) is 29.2. The Labute approximate surface area is 244 Å². The molecular weight excluding hydrogens is 534 g/mol. The summed E-state index contributed by atoms with van der Waals surface area (Å²) >= 11 is 1.40. The van der Waals surface area contributed by atoms with Gasteiger partial charge in [-0.25, -0.2) is 0 Å². The normalized spacial score (nSPS) is 10.9. The molecule has 0 saturated carbocycles. The lowest BCUT2D eigenvalue weighted by Gasteiger charge is -2.12. The van der Waals surface area contributed by atoms with Crippen molar-refractivity contribution in [3.8, 4) is 5.75 Å². The van der Waals surface area contributed by atoms with Gasteiger partial charge in [0, 0.05) is 21.8 Å². The first-order valence-corrected chi connectivity index (χ1v) is 14.1. The molecule has 0 fully saturated rings. The van der Waals surface area contributed by atoms with E-state index in [0.29, 0.717) is 17.9 Å². The molecule has 0 aromatic heterocycles. The van der Waals surface area contributed by atoms with Crippen molar-refractivity contribution in [2.24, 2.45) is 0 Å². The highest BCUT2D eigenvalue weighted by Crippen LogP contribution is 2.22. The van der Waals surface area contributed by atoms with E-state index < -0.39 is 11.8 Å². The molecule has 0 bridgehead atoms. The van der Waals surface area contributed by atoms with Crippen LogP contribution in [0.2, 0.25) is 0 Å². The molecule has 4 aromatic rings. The van der Waals surface area contributed by atoms with Gasteiger partial charge in [-0.15, -0.1) is 11.8 Å². The molecule has 0 heterocycles. The number of carbonyl (C=O) groups excluding carboxylic acids is 3. The van der Waals surface area contributed by atoms with Crippen LogP contribution in [0.4, 0.5) is 11.4 Å². The fraction of sp³-hybridized carbons (Fsp3) is 0.121. The third-order valence-corrected chi connectivity index (χ3v) is 6.94. The van der Waals surface area contributed by atoms with E-state index in [1.807, 2.05) is 80.6 Å². The number of hydrogen-bond acceptors (Lipinski definition) is 5. The van der Waals surface area contributed by atoms with Crippen LogP contribution in [-0.2, 0) is 9.59 Å². The molecule has 0 saturated heterocycles. The Morgan fingerprint density at radius 3 is 2.17 bits per heavy atom. The van der Waals surface area contributed by atoms with Gasteiger partial charge in [0.15, 0.2) is 0 Å². The van der Waals surface area contributed by atoms with Crippen LogP contribution in [-0.4, -0.2) is 30.1 Å². The smallest absolute Gasteiger partial charge is 0.272 e. The zero-order chi connectivity index (χ0) is 29.0. The molecule has 0 aliphatic rings. The summed E-state index contributed by atoms with van der Waals surface area (Å²) in [5.74, 6) is 0.00454. The van der Waals surface area contributed by atoms with E-state index >= 15 is 0 Å². The molecule has 0 spiro atoms. The highest BCUT2D eigenvalue weighted by atomic mass is 32.2. The summed E-state index contributed by atoms with van der Waals surface area (Å²) in [6.45, 7) is 4.40. The Kier molecular flexibility index (Phi) is 10.3. The van der Waals surface area contributed by atoms with E-state index in [4.69, 9.17) is 4.74 Å². The second-order valence-electron chi connectivity index (χ2n) is 9.01. The number of benzene rings is 4. The topological polar surface area (TPSA) is 96.5 Å². The van der Waals surface area contributed by atoms with Crippen molar-refractivity contribution in [3.05, 3.63) is 126 Å². The molecule has 0 unspecified atom stereocenters. The largest absolute Gasteiger partial charge is 0.494 e. The predicted octanol–water partition coefficient (Wildman–Crippen LogP) is 6.53. The van der Waals surface area contributed by atoms with Crippen LogP contribution in [0.25, 0.3) is 6.08 Å². The summed E-state index contributed by atoms with van der Waals surface area (Å²) in [5.41, 5.74) is 3.60. The van der Waals surface area contributed by atoms with Crippen molar-refractivity contribution in [1.82, 2.24) is 5.32 Å². The summed E-state index contributed by atoms with van der Waals surface area (Å²) < 4.78 is 5.49. The van der Waals surface area contributed by atoms with Gasteiger partial charge in [-0.2, -0.15) is 0 Å². The highest BCUT2D eigenvalue weighted by molar-refractivity contribution is 8.00. The molecule has 0 atom stereocenters. The second-order valence-corrected chi connectivity index (χ2v) is 10.1. The summed E-state index contributed by atoms with van der Waals surface area (Å²) in [4.78, 5) is 39.4. The molecule has 0 aliphatic carbocycles. The Morgan fingerprint density at radius 2 is 1.49 bits per heavy atom. The number of ether oxygens (including phenoxy) is 1. The van der Waals surface area contributed by atoms with E-state index in [0.717, 1.165) is 27.5 Å². The molecule has 0 radical (unpaired) electrons. The van der Waals surface area contributed by atoms with Crippen molar-refractivity contribution in [2.45, 2.75) is 18.7 Å². The van der Waals surface area contributed by atoms with Crippen molar-refractivity contribution < 1.29 is 19.1 Å². The highest BCUT2D eigenvalue weighted by Gasteiger charge is 2.15. The van der Waals surface area contributed by atoms with E-state index in [9.17, 15) is 14.4 Å². The molecule has 3 amide bonds. The summed E-state index contributed by atoms with van der Waals surface area (Å²) in [5, 5.41) is 8.51. The first-order chi connectivity index (χ1) is 19.9. The Morgan fingerprint density at radius 1 is 0.805 bits per heavy atom. The lowest BCUT2D eigenvalue weighted by Crippen LogP contribution is -2.30. The predicted molar refractivity (Wildman–Crippen MR) is 165 cm³/mol. The maximum absolute atomic E-state index is 13.3. The van der Waals surface area contributed by atoms with Gasteiger partial charge in [-0.05, 0) is 85.6 Å². The number of hydrogen-bond donors (Lipinski definition) is 3. The van der Waals surface area contributed by atoms with Crippen molar-refractivity contribution in [3.63, 3.8) is 0 Å². The number of aryl methyl sites for hydroxylation is 1. The third-order valence-electron chi connectivity index (χ3n) is 5.93. The lowest BCUT2D eigenvalue weighted by molar-refractivity contribution is -0.114. The number of rotatable bonds is 11. The van der Waals surface area contributed by atoms with E-state index in [1.165, 1.54) is 11.8 Å². The Bertz CT molecular complexity index is 1520. The summed E-state index contributed by atoms with van der Waals surface area (Å²) in [6, 6.07) is 30.7. The van der Waals surface area contributed by atoms with Gasteiger partial charge in [-0.3, -0.25) is 14.4 Å². The minimum absolute atomic E-state index is 0.0920. The minimum atomic E-state index is -0.471. The monoisotopic (exact) mass is 565 g/mol. The van der Waals surface area contributed by atoms with Crippen molar-refractivity contribution in [1.29, 1.82) is 0 Å². The van der Waals surface area contributed by atoms with Crippen LogP contribution < -0.4 is 20.7 Å². The molecule has 8 heteroatoms. The average Bonchev–Trinajstić information content (AvgIpc) is 2.99. The zero-order valence-corrected chi connectivity index (χ0v) is 23.7. The number of para-hydroxylation sites is 1. The second kappa shape index (κ2) is 14.5. The number of carbonyl (C=O) groups is 3. The summed E-state index contributed by atoms with van der Waals surface area (Å²) in [6.07, 6.45) is 1.61. The van der Waals surface area contributed by atoms with Gasteiger partial charge in [-0.1, -0.05) is 48.5 Å². The first-order valence-electron chi connectivity index (χ1n) is 13.1. The van der Waals surface area contributed by atoms with E-state index in [-0.39, 0.29) is 17.4 Å². The quantitative estimate of drug-likeness (QED) is 0.142. The maximum Gasteiger partial charge on any atom is 0.272 e. The van der Waals surface area contributed by atoms with Crippen LogP contribution >= 0.6 is 11.8 Å². The minimum Gasteiger partial charge on any atom is -0.494 e. The number of nitrogens with one attached hydrogen (secondary N) is 3. The van der Waals surface area contributed by atoms with Crippen LogP contribution in [0.15, 0.2) is 114 Å². The Hall–Kier alpha value is -4.82. The number of anilines is 2. The summed E-state index contributed by atoms with van der Waals surface area (Å²) in [7, 11) is 0. The van der Waals surface area contributed by atoms with Crippen LogP contribution in [0.1, 0.15) is 28.4 Å². The Balaban J connectivity index is 1.42. The van der Waals surface area contributed by atoms with E-state index in [2.05, 4.69) is 16.0 Å². The van der Waals surface area contributed by atoms with Gasteiger partial charge in [0.05, 0.1) is 12.4 Å². The molecule has 4 aromatic carbocycles. The van der Waals surface area contributed by atoms with Crippen LogP contribution in [0.5, 0.6) is 5.75 Å². The molecule has 208 valence electrons. The van der Waals surface area contributed by atoms with Crippen LogP contribution in [0.3, 0.4) is 0 Å². The van der Waals surface area contributed by atoms with Crippen molar-refractivity contribution in [2.75, 3.05) is 23.0 Å². The fourth-order valence-electron chi connectivity index (χ4n) is 3.82. The van der Waals surface area contributed by atoms with Gasteiger partial charge in [0.25, 0.3) is 11.8 Å². The standard InChI is InChI=1S/C33H31N3O4S/c1-3-40-27-17-13-24(14-18-27)21-30(36-32(38)25-10-5-4-6-11-25)33(39)34-26-15-19-28(20-16-26)41-22-31(37)35-29-12-8-7-9-23(29)2/h4-21H,3,22H2,1-2H3,(H,34,39)(H,35,37)(H,36,38)/b30-21-. The maximum atomic E-state index is 13.3. The molecule has 3 N–H and O–H groups in total. The van der Waals surface area contributed by atoms with Gasteiger partial charge >= 0.3 is 0 Å². The van der Waals surface area contributed by atoms with Crippen LogP contribution in [0, 0.1) is 6.92 Å². The molecule has 4 rings (SSSR count). The lowest BCUT2D eigenvalue weighted by atomic mass is 10.1. The molecule has 7 nitrogen and oxygen atoms in total. The van der Waals surface area contributed by atoms with E-state index in [1.54, 1.807) is 42.5 Å². The van der Waals surface area contributed by atoms with Gasteiger partial charge in [0.1, 0.15) is 11.4 Å². The molecular formula is C33H31N3O4S. The zero-order valence-electron chi connectivity index (χ0n) is 22.8. The van der Waals surface area contributed by atoms with Crippen molar-refractivity contribution >= 4 is 46.9 Å². The molecule has 0 aliphatic heterocycles. The number of thioether (sulfide) groups is 1. The SMILES string of the molecule is CCOc1ccc(/C=C(\NC(=O)c2ccccc2)C(=O)Nc2ccc(SCC(=O)Nc3ccccc3C)cc2)cc1. The third kappa shape index (κ3) is 8.84. The van der Waals surface area contributed by atoms with Gasteiger partial charge in [0.2, 0.25) is 5.91 Å². The number of amides is 3. The fourth-order valence-corrected chi connectivity index (χ4v) is 4.52. The van der Waals surface area contributed by atoms with Gasteiger partial charge < -0.3 is 20.7 Å².